The SMILES string of the molecule is Cc1nccc(CN2CC3CN(Cc4sc5ccccc5c4Cl)CC3(CO)C2)n1. The van der Waals surface area contributed by atoms with Gasteiger partial charge in [-0.2, -0.15) is 0 Å². The van der Waals surface area contributed by atoms with Gasteiger partial charge in [0.05, 0.1) is 17.3 Å². The van der Waals surface area contributed by atoms with Gasteiger partial charge >= 0.3 is 0 Å². The lowest BCUT2D eigenvalue weighted by molar-refractivity contribution is 0.110. The number of aryl methyl sites for hydroxylation is 1. The zero-order valence-electron chi connectivity index (χ0n) is 16.5. The standard InChI is InChI=1S/C22H25ClN4OS/c1-15-24-7-6-17(25-15)10-26-8-16-9-27(13-22(16,12-26)14-28)11-20-21(23)18-4-2-3-5-19(18)29-20/h2-7,16,28H,8-14H2,1H3. The Labute approximate surface area is 180 Å². The fraction of sp³-hybridized carbons (Fsp3) is 0.455. The molecule has 5 rings (SSSR count). The molecule has 2 saturated heterocycles. The molecular formula is C22H25ClN4OS. The number of benzene rings is 1. The number of hydrogen-bond donors (Lipinski definition) is 1. The highest BCUT2D eigenvalue weighted by Gasteiger charge is 2.51. The van der Waals surface area contributed by atoms with E-state index in [9.17, 15) is 5.11 Å². The summed E-state index contributed by atoms with van der Waals surface area (Å²) in [5.74, 6) is 1.29. The number of likely N-dealkylation sites (tertiary alicyclic amines) is 2. The van der Waals surface area contributed by atoms with Gasteiger partial charge in [0.2, 0.25) is 0 Å². The number of fused-ring (bicyclic) bond motifs is 2. The first-order valence-electron chi connectivity index (χ1n) is 10.1. The van der Waals surface area contributed by atoms with Crippen molar-refractivity contribution in [2.75, 3.05) is 32.8 Å². The maximum atomic E-state index is 10.3. The van der Waals surface area contributed by atoms with Gasteiger partial charge in [-0.25, -0.2) is 9.97 Å². The predicted octanol–water partition coefficient (Wildman–Crippen LogP) is 3.58. The summed E-state index contributed by atoms with van der Waals surface area (Å²) in [5.41, 5.74) is 1.00. The van der Waals surface area contributed by atoms with E-state index in [2.05, 4.69) is 38.0 Å². The number of aliphatic hydroxyl groups excluding tert-OH is 1. The molecule has 5 nitrogen and oxygen atoms in total. The van der Waals surface area contributed by atoms with E-state index in [-0.39, 0.29) is 12.0 Å². The summed E-state index contributed by atoms with van der Waals surface area (Å²) < 4.78 is 1.25. The van der Waals surface area contributed by atoms with Crippen molar-refractivity contribution in [3.8, 4) is 0 Å². The quantitative estimate of drug-likeness (QED) is 0.673. The third kappa shape index (κ3) is 3.57. The predicted molar refractivity (Wildman–Crippen MR) is 117 cm³/mol. The number of rotatable bonds is 5. The van der Waals surface area contributed by atoms with E-state index < -0.39 is 0 Å². The molecule has 0 amide bonds. The second-order valence-corrected chi connectivity index (χ2v) is 10.0. The molecule has 3 aromatic rings. The highest BCUT2D eigenvalue weighted by molar-refractivity contribution is 7.19. The second-order valence-electron chi connectivity index (χ2n) is 8.49. The molecule has 1 aromatic carbocycles. The Kier molecular flexibility index (Phi) is 5.08. The lowest BCUT2D eigenvalue weighted by atomic mass is 9.82. The third-order valence-electron chi connectivity index (χ3n) is 6.40. The van der Waals surface area contributed by atoms with Crippen LogP contribution in [0.25, 0.3) is 10.1 Å². The fourth-order valence-electron chi connectivity index (χ4n) is 5.06. The van der Waals surface area contributed by atoms with Gasteiger partial charge in [0.15, 0.2) is 0 Å². The van der Waals surface area contributed by atoms with E-state index >= 15 is 0 Å². The van der Waals surface area contributed by atoms with Crippen LogP contribution in [0.5, 0.6) is 0 Å². The molecule has 0 radical (unpaired) electrons. The monoisotopic (exact) mass is 428 g/mol. The van der Waals surface area contributed by atoms with E-state index in [1.165, 1.54) is 9.58 Å². The molecule has 7 heteroatoms. The molecule has 2 atom stereocenters. The number of thiophene rings is 1. The van der Waals surface area contributed by atoms with Crippen LogP contribution < -0.4 is 0 Å². The maximum Gasteiger partial charge on any atom is 0.125 e. The van der Waals surface area contributed by atoms with Crippen LogP contribution in [0.1, 0.15) is 16.4 Å². The Balaban J connectivity index is 1.28. The number of aromatic nitrogens is 2. The summed E-state index contributed by atoms with van der Waals surface area (Å²) in [7, 11) is 0. The lowest BCUT2D eigenvalue weighted by Crippen LogP contribution is -2.36. The maximum absolute atomic E-state index is 10.3. The summed E-state index contributed by atoms with van der Waals surface area (Å²) in [6.45, 7) is 7.67. The van der Waals surface area contributed by atoms with Crippen LogP contribution in [0.4, 0.5) is 0 Å². The average molecular weight is 429 g/mol. The number of aliphatic hydroxyl groups is 1. The van der Waals surface area contributed by atoms with Crippen LogP contribution in [0.15, 0.2) is 36.5 Å². The highest BCUT2D eigenvalue weighted by Crippen LogP contribution is 2.44. The topological polar surface area (TPSA) is 52.5 Å². The Bertz CT molecular complexity index is 1040. The van der Waals surface area contributed by atoms with E-state index in [0.29, 0.717) is 5.92 Å². The van der Waals surface area contributed by atoms with E-state index in [1.54, 1.807) is 11.3 Å². The van der Waals surface area contributed by atoms with E-state index in [4.69, 9.17) is 11.6 Å². The van der Waals surface area contributed by atoms with Gasteiger partial charge in [0, 0.05) is 65.8 Å². The molecule has 152 valence electrons. The van der Waals surface area contributed by atoms with Gasteiger partial charge in [-0.05, 0) is 25.0 Å². The van der Waals surface area contributed by atoms with Gasteiger partial charge < -0.3 is 5.11 Å². The molecule has 4 heterocycles. The van der Waals surface area contributed by atoms with Gasteiger partial charge in [0.25, 0.3) is 0 Å². The van der Waals surface area contributed by atoms with Crippen molar-refractivity contribution in [2.24, 2.45) is 11.3 Å². The number of nitrogens with zero attached hydrogens (tertiary/aromatic N) is 4. The average Bonchev–Trinajstić information content (AvgIpc) is 3.31. The van der Waals surface area contributed by atoms with E-state index in [1.807, 2.05) is 25.3 Å². The van der Waals surface area contributed by atoms with Crippen LogP contribution in [0.2, 0.25) is 5.02 Å². The van der Waals surface area contributed by atoms with Gasteiger partial charge in [-0.1, -0.05) is 29.8 Å². The van der Waals surface area contributed by atoms with Gasteiger partial charge in [-0.3, -0.25) is 9.80 Å². The van der Waals surface area contributed by atoms with Crippen LogP contribution in [0.3, 0.4) is 0 Å². The minimum atomic E-state index is -0.0504. The molecule has 29 heavy (non-hydrogen) atoms. The summed E-state index contributed by atoms with van der Waals surface area (Å²) in [4.78, 5) is 14.9. The first-order valence-corrected chi connectivity index (χ1v) is 11.3. The van der Waals surface area contributed by atoms with Crippen molar-refractivity contribution in [3.63, 3.8) is 0 Å². The molecule has 2 unspecified atom stereocenters. The summed E-state index contributed by atoms with van der Waals surface area (Å²) in [6, 6.07) is 10.3. The normalized spacial score (nSPS) is 25.1. The smallest absolute Gasteiger partial charge is 0.125 e. The molecule has 2 fully saturated rings. The lowest BCUT2D eigenvalue weighted by Gasteiger charge is -2.27. The Hall–Kier alpha value is -1.57. The van der Waals surface area contributed by atoms with E-state index in [0.717, 1.165) is 61.2 Å². The van der Waals surface area contributed by atoms with Crippen LogP contribution in [-0.2, 0) is 13.1 Å². The first-order chi connectivity index (χ1) is 14.1. The molecule has 2 aliphatic rings. The molecular weight excluding hydrogens is 404 g/mol. The summed E-state index contributed by atoms with van der Waals surface area (Å²) in [6.07, 6.45) is 1.83. The molecule has 2 aromatic heterocycles. The first kappa shape index (κ1) is 19.4. The third-order valence-corrected chi connectivity index (χ3v) is 8.10. The van der Waals surface area contributed by atoms with Crippen molar-refractivity contribution >= 4 is 33.0 Å². The minimum absolute atomic E-state index is 0.0504. The largest absolute Gasteiger partial charge is 0.396 e. The van der Waals surface area contributed by atoms with Crippen LogP contribution >= 0.6 is 22.9 Å². The van der Waals surface area contributed by atoms with Gasteiger partial charge in [-0.15, -0.1) is 11.3 Å². The van der Waals surface area contributed by atoms with Crippen LogP contribution in [-0.4, -0.2) is 57.7 Å². The van der Waals surface area contributed by atoms with Crippen LogP contribution in [0, 0.1) is 18.3 Å². The minimum Gasteiger partial charge on any atom is -0.396 e. The molecule has 0 aliphatic carbocycles. The highest BCUT2D eigenvalue weighted by atomic mass is 35.5. The molecule has 2 aliphatic heterocycles. The summed E-state index contributed by atoms with van der Waals surface area (Å²) in [5, 5.41) is 12.3. The molecule has 0 bridgehead atoms. The fourth-order valence-corrected chi connectivity index (χ4v) is 6.59. The molecule has 1 N–H and O–H groups in total. The van der Waals surface area contributed by atoms with Crippen molar-refractivity contribution < 1.29 is 5.11 Å². The molecule has 0 spiro atoms. The van der Waals surface area contributed by atoms with Crippen molar-refractivity contribution in [1.29, 1.82) is 0 Å². The zero-order chi connectivity index (χ0) is 20.0. The van der Waals surface area contributed by atoms with Crippen molar-refractivity contribution in [3.05, 3.63) is 57.9 Å². The Morgan fingerprint density at radius 2 is 1.93 bits per heavy atom. The Morgan fingerprint density at radius 3 is 2.62 bits per heavy atom. The Morgan fingerprint density at radius 1 is 1.17 bits per heavy atom. The van der Waals surface area contributed by atoms with Crippen molar-refractivity contribution in [2.45, 2.75) is 20.0 Å². The second kappa shape index (κ2) is 7.60. The molecule has 0 saturated carbocycles. The number of hydrogen-bond acceptors (Lipinski definition) is 6. The van der Waals surface area contributed by atoms with Gasteiger partial charge in [0.1, 0.15) is 5.82 Å². The number of halogens is 1. The zero-order valence-corrected chi connectivity index (χ0v) is 18.1. The summed E-state index contributed by atoms with van der Waals surface area (Å²) >= 11 is 8.45. The van der Waals surface area contributed by atoms with Crippen molar-refractivity contribution in [1.82, 2.24) is 19.8 Å².